The molecule has 1 aromatic carbocycles. The first kappa shape index (κ1) is 12.7. The highest BCUT2D eigenvalue weighted by atomic mass is 16.1. The zero-order valence-electron chi connectivity index (χ0n) is 11.5. The number of nitrogens with one attached hydrogen (secondary N) is 2. The van der Waals surface area contributed by atoms with E-state index >= 15 is 0 Å². The highest BCUT2D eigenvalue weighted by Gasteiger charge is 2.31. The molecule has 1 amide bonds. The van der Waals surface area contributed by atoms with Gasteiger partial charge in [-0.25, -0.2) is 0 Å². The molecule has 1 heterocycles. The molecule has 0 aromatic heterocycles. The molecular weight excluding hydrogens is 236 g/mol. The number of amides is 1. The van der Waals surface area contributed by atoms with Crippen molar-refractivity contribution < 1.29 is 4.79 Å². The first-order valence-electron chi connectivity index (χ1n) is 7.30. The van der Waals surface area contributed by atoms with Crippen LogP contribution < -0.4 is 10.6 Å². The van der Waals surface area contributed by atoms with Gasteiger partial charge in [-0.1, -0.05) is 29.8 Å². The normalized spacial score (nSPS) is 29.9. The Bertz CT molecular complexity index is 448. The number of carbonyl (C=O) groups is 1. The van der Waals surface area contributed by atoms with E-state index in [4.69, 9.17) is 0 Å². The molecule has 1 aromatic rings. The van der Waals surface area contributed by atoms with Crippen LogP contribution in [0.3, 0.4) is 0 Å². The van der Waals surface area contributed by atoms with Crippen LogP contribution in [0, 0.1) is 6.92 Å². The number of benzene rings is 1. The van der Waals surface area contributed by atoms with Gasteiger partial charge in [-0.15, -0.1) is 0 Å². The van der Waals surface area contributed by atoms with Gasteiger partial charge in [0.05, 0.1) is 0 Å². The number of hydrogen-bond acceptors (Lipinski definition) is 2. The van der Waals surface area contributed by atoms with Gasteiger partial charge in [-0.05, 0) is 37.7 Å². The van der Waals surface area contributed by atoms with Gasteiger partial charge in [0.15, 0.2) is 0 Å². The van der Waals surface area contributed by atoms with Crippen molar-refractivity contribution in [2.45, 2.75) is 50.6 Å². The Morgan fingerprint density at radius 3 is 2.63 bits per heavy atom. The molecule has 19 heavy (non-hydrogen) atoms. The largest absolute Gasteiger partial charge is 0.352 e. The van der Waals surface area contributed by atoms with Crippen molar-refractivity contribution in [1.82, 2.24) is 10.6 Å². The van der Waals surface area contributed by atoms with Crippen molar-refractivity contribution in [1.29, 1.82) is 0 Å². The van der Waals surface area contributed by atoms with Gasteiger partial charge >= 0.3 is 0 Å². The van der Waals surface area contributed by atoms with Gasteiger partial charge in [0.2, 0.25) is 5.91 Å². The number of rotatable bonds is 4. The van der Waals surface area contributed by atoms with E-state index in [2.05, 4.69) is 41.8 Å². The first-order chi connectivity index (χ1) is 9.20. The number of hydrogen-bond donors (Lipinski definition) is 2. The maximum atomic E-state index is 11.1. The maximum absolute atomic E-state index is 11.1. The number of carbonyl (C=O) groups excluding carboxylic acids is 1. The lowest BCUT2D eigenvalue weighted by Gasteiger charge is -2.37. The van der Waals surface area contributed by atoms with Crippen molar-refractivity contribution >= 4 is 5.91 Å². The Hall–Kier alpha value is -1.35. The first-order valence-corrected chi connectivity index (χ1v) is 7.30. The smallest absolute Gasteiger partial charge is 0.220 e. The molecule has 0 bridgehead atoms. The quantitative estimate of drug-likeness (QED) is 0.868. The fraction of sp³-hybridized carbons (Fsp3) is 0.562. The molecule has 3 rings (SSSR count). The second kappa shape index (κ2) is 5.33. The van der Waals surface area contributed by atoms with E-state index in [1.807, 2.05) is 0 Å². The molecule has 1 atom stereocenters. The average molecular weight is 258 g/mol. The van der Waals surface area contributed by atoms with E-state index in [1.165, 1.54) is 24.0 Å². The van der Waals surface area contributed by atoms with E-state index < -0.39 is 0 Å². The minimum atomic E-state index is 0.206. The predicted molar refractivity (Wildman–Crippen MR) is 76.1 cm³/mol. The molecule has 1 saturated heterocycles. The number of aryl methyl sites for hydroxylation is 1. The summed E-state index contributed by atoms with van der Waals surface area (Å²) < 4.78 is 0. The van der Waals surface area contributed by atoms with Crippen LogP contribution in [0.4, 0.5) is 0 Å². The summed E-state index contributed by atoms with van der Waals surface area (Å²) in [7, 11) is 0. The maximum Gasteiger partial charge on any atom is 0.220 e. The van der Waals surface area contributed by atoms with Crippen LogP contribution in [0.2, 0.25) is 0 Å². The van der Waals surface area contributed by atoms with Crippen molar-refractivity contribution in [2.75, 3.05) is 6.54 Å². The van der Waals surface area contributed by atoms with Crippen molar-refractivity contribution in [3.63, 3.8) is 0 Å². The third kappa shape index (κ3) is 2.98. The topological polar surface area (TPSA) is 41.1 Å². The molecule has 102 valence electrons. The van der Waals surface area contributed by atoms with Crippen LogP contribution in [0.5, 0.6) is 0 Å². The Balaban J connectivity index is 1.40. The van der Waals surface area contributed by atoms with Crippen LogP contribution in [0.25, 0.3) is 0 Å². The zero-order valence-corrected chi connectivity index (χ0v) is 11.5. The van der Waals surface area contributed by atoms with Gasteiger partial charge in [-0.2, -0.15) is 0 Å². The van der Waals surface area contributed by atoms with E-state index in [1.54, 1.807) is 0 Å². The van der Waals surface area contributed by atoms with Crippen LogP contribution >= 0.6 is 0 Å². The molecule has 2 N–H and O–H groups in total. The van der Waals surface area contributed by atoms with Crippen molar-refractivity contribution in [3.8, 4) is 0 Å². The molecule has 0 radical (unpaired) electrons. The van der Waals surface area contributed by atoms with Gasteiger partial charge in [-0.3, -0.25) is 4.79 Å². The molecule has 0 spiro atoms. The summed E-state index contributed by atoms with van der Waals surface area (Å²) in [5.74, 6) is 0.925. The Morgan fingerprint density at radius 2 is 2.00 bits per heavy atom. The molecule has 2 aliphatic rings. The van der Waals surface area contributed by atoms with Crippen molar-refractivity contribution in [2.24, 2.45) is 0 Å². The van der Waals surface area contributed by atoms with E-state index in [9.17, 15) is 4.79 Å². The molecular formula is C16H22N2O. The van der Waals surface area contributed by atoms with Crippen LogP contribution in [-0.4, -0.2) is 24.5 Å². The highest BCUT2D eigenvalue weighted by molar-refractivity contribution is 5.78. The molecule has 3 nitrogen and oxygen atoms in total. The fourth-order valence-corrected chi connectivity index (χ4v) is 3.03. The summed E-state index contributed by atoms with van der Waals surface area (Å²) >= 11 is 0. The third-order valence-corrected chi connectivity index (χ3v) is 4.42. The minimum absolute atomic E-state index is 0.206. The van der Waals surface area contributed by atoms with Gasteiger partial charge in [0.25, 0.3) is 0 Å². The van der Waals surface area contributed by atoms with Crippen LogP contribution in [0.1, 0.15) is 42.7 Å². The van der Waals surface area contributed by atoms with E-state index in [-0.39, 0.29) is 5.91 Å². The SMILES string of the molecule is Cc1ccc(C2CC(NCC3CCC(=O)N3)C2)cc1. The monoisotopic (exact) mass is 258 g/mol. The lowest BCUT2D eigenvalue weighted by molar-refractivity contribution is -0.119. The van der Waals surface area contributed by atoms with E-state index in [0.717, 1.165) is 18.9 Å². The molecule has 3 heteroatoms. The summed E-state index contributed by atoms with van der Waals surface area (Å²) in [6.07, 6.45) is 4.14. The molecule has 2 fully saturated rings. The molecule has 1 aliphatic heterocycles. The lowest BCUT2D eigenvalue weighted by Crippen LogP contribution is -2.45. The minimum Gasteiger partial charge on any atom is -0.352 e. The Labute approximate surface area is 114 Å². The second-order valence-electron chi connectivity index (χ2n) is 5.99. The van der Waals surface area contributed by atoms with Crippen LogP contribution in [0.15, 0.2) is 24.3 Å². The summed E-state index contributed by atoms with van der Waals surface area (Å²) in [6, 6.07) is 9.89. The molecule has 1 saturated carbocycles. The predicted octanol–water partition coefficient (Wildman–Crippen LogP) is 2.11. The summed E-state index contributed by atoms with van der Waals surface area (Å²) in [4.78, 5) is 11.1. The third-order valence-electron chi connectivity index (χ3n) is 4.42. The van der Waals surface area contributed by atoms with Crippen LogP contribution in [-0.2, 0) is 4.79 Å². The molecule has 1 aliphatic carbocycles. The van der Waals surface area contributed by atoms with Crippen molar-refractivity contribution in [3.05, 3.63) is 35.4 Å². The summed E-state index contributed by atoms with van der Waals surface area (Å²) in [5.41, 5.74) is 2.80. The Morgan fingerprint density at radius 1 is 1.26 bits per heavy atom. The molecule has 1 unspecified atom stereocenters. The van der Waals surface area contributed by atoms with Gasteiger partial charge in [0.1, 0.15) is 0 Å². The average Bonchev–Trinajstić information content (AvgIpc) is 2.75. The lowest BCUT2D eigenvalue weighted by atomic mass is 9.75. The summed E-state index contributed by atoms with van der Waals surface area (Å²) in [6.45, 7) is 3.06. The Kier molecular flexibility index (Phi) is 3.56. The zero-order chi connectivity index (χ0) is 13.2. The second-order valence-corrected chi connectivity index (χ2v) is 5.99. The van der Waals surface area contributed by atoms with Gasteiger partial charge < -0.3 is 10.6 Å². The standard InChI is InChI=1S/C16H22N2O/c1-11-2-4-12(5-3-11)13-8-15(9-13)17-10-14-6-7-16(19)18-14/h2-5,13-15,17H,6-10H2,1H3,(H,18,19). The fourth-order valence-electron chi connectivity index (χ4n) is 3.03. The highest BCUT2D eigenvalue weighted by Crippen LogP contribution is 2.36. The van der Waals surface area contributed by atoms with Gasteiger partial charge in [0, 0.05) is 25.0 Å². The summed E-state index contributed by atoms with van der Waals surface area (Å²) in [5, 5.41) is 6.58. The van der Waals surface area contributed by atoms with E-state index in [0.29, 0.717) is 18.5 Å².